The second-order valence-electron chi connectivity index (χ2n) is 3.95. The average molecular weight is 276 g/mol. The SMILES string of the molecule is NC(=O)C1CNc2ccc(C(F)(F)F)cc2CS1. The molecule has 1 aliphatic heterocycles. The Hall–Kier alpha value is -1.37. The fraction of sp³-hybridized carbons (Fsp3) is 0.364. The zero-order valence-electron chi connectivity index (χ0n) is 9.25. The number of anilines is 1. The fourth-order valence-corrected chi connectivity index (χ4v) is 2.68. The molecule has 0 aromatic heterocycles. The van der Waals surface area contributed by atoms with E-state index in [1.807, 2.05) is 0 Å². The molecule has 98 valence electrons. The van der Waals surface area contributed by atoms with Gasteiger partial charge >= 0.3 is 6.18 Å². The van der Waals surface area contributed by atoms with Gasteiger partial charge in [-0.2, -0.15) is 13.2 Å². The number of hydrogen-bond donors (Lipinski definition) is 2. The number of carbonyl (C=O) groups excluding carboxylic acids is 1. The highest BCUT2D eigenvalue weighted by molar-refractivity contribution is 7.99. The molecule has 0 bridgehead atoms. The summed E-state index contributed by atoms with van der Waals surface area (Å²) in [5, 5.41) is 2.52. The third-order valence-corrected chi connectivity index (χ3v) is 3.95. The van der Waals surface area contributed by atoms with E-state index in [0.717, 1.165) is 12.1 Å². The Morgan fingerprint density at radius 3 is 2.78 bits per heavy atom. The van der Waals surface area contributed by atoms with E-state index in [9.17, 15) is 18.0 Å². The van der Waals surface area contributed by atoms with E-state index >= 15 is 0 Å². The summed E-state index contributed by atoms with van der Waals surface area (Å²) < 4.78 is 37.7. The third kappa shape index (κ3) is 2.72. The number of alkyl halides is 3. The highest BCUT2D eigenvalue weighted by Crippen LogP contribution is 2.35. The second-order valence-corrected chi connectivity index (χ2v) is 5.14. The van der Waals surface area contributed by atoms with Crippen molar-refractivity contribution in [1.82, 2.24) is 0 Å². The zero-order valence-corrected chi connectivity index (χ0v) is 10.1. The lowest BCUT2D eigenvalue weighted by molar-refractivity contribution is -0.137. The Balaban J connectivity index is 2.26. The molecular weight excluding hydrogens is 265 g/mol. The van der Waals surface area contributed by atoms with E-state index < -0.39 is 22.9 Å². The fourth-order valence-electron chi connectivity index (χ4n) is 1.70. The van der Waals surface area contributed by atoms with E-state index in [1.165, 1.54) is 17.8 Å². The first-order chi connectivity index (χ1) is 8.38. The number of nitrogens with two attached hydrogens (primary N) is 1. The van der Waals surface area contributed by atoms with Gasteiger partial charge in [0.25, 0.3) is 0 Å². The zero-order chi connectivity index (χ0) is 13.3. The van der Waals surface area contributed by atoms with Crippen LogP contribution in [0.4, 0.5) is 18.9 Å². The van der Waals surface area contributed by atoms with Gasteiger partial charge in [-0.25, -0.2) is 0 Å². The number of halogens is 3. The summed E-state index contributed by atoms with van der Waals surface area (Å²) in [5.74, 6) is -0.129. The van der Waals surface area contributed by atoms with Crippen molar-refractivity contribution in [3.63, 3.8) is 0 Å². The summed E-state index contributed by atoms with van der Waals surface area (Å²) in [5.41, 5.74) is 5.68. The van der Waals surface area contributed by atoms with Crippen LogP contribution in [0.2, 0.25) is 0 Å². The van der Waals surface area contributed by atoms with Gasteiger partial charge in [0.1, 0.15) is 5.25 Å². The summed E-state index contributed by atoms with van der Waals surface area (Å²) in [6, 6.07) is 3.53. The quantitative estimate of drug-likeness (QED) is 0.827. The van der Waals surface area contributed by atoms with Gasteiger partial charge in [-0.15, -0.1) is 11.8 Å². The number of carbonyl (C=O) groups is 1. The summed E-state index contributed by atoms with van der Waals surface area (Å²) >= 11 is 1.25. The van der Waals surface area contributed by atoms with E-state index in [4.69, 9.17) is 5.73 Å². The molecule has 1 heterocycles. The van der Waals surface area contributed by atoms with Gasteiger partial charge in [-0.3, -0.25) is 4.79 Å². The maximum absolute atomic E-state index is 12.6. The largest absolute Gasteiger partial charge is 0.416 e. The predicted molar refractivity (Wildman–Crippen MR) is 64.2 cm³/mol. The Morgan fingerprint density at radius 2 is 2.17 bits per heavy atom. The van der Waals surface area contributed by atoms with Crippen molar-refractivity contribution in [3.05, 3.63) is 29.3 Å². The lowest BCUT2D eigenvalue weighted by Gasteiger charge is -2.11. The maximum Gasteiger partial charge on any atom is 0.416 e. The standard InChI is InChI=1S/C11H11F3N2OS/c12-11(13,14)7-1-2-8-6(3-7)5-18-9(4-16-8)10(15)17/h1-3,9,16H,4-5H2,(H2,15,17). The van der Waals surface area contributed by atoms with Crippen molar-refractivity contribution < 1.29 is 18.0 Å². The summed E-state index contributed by atoms with van der Waals surface area (Å²) in [6.07, 6.45) is -4.35. The molecule has 0 saturated heterocycles. The molecule has 0 saturated carbocycles. The molecule has 1 atom stereocenters. The van der Waals surface area contributed by atoms with Crippen molar-refractivity contribution in [3.8, 4) is 0 Å². The van der Waals surface area contributed by atoms with Crippen LogP contribution in [0.15, 0.2) is 18.2 Å². The van der Waals surface area contributed by atoms with Crippen molar-refractivity contribution in [2.45, 2.75) is 17.2 Å². The molecule has 1 aromatic rings. The normalized spacial score (nSPS) is 19.6. The monoisotopic (exact) mass is 276 g/mol. The third-order valence-electron chi connectivity index (χ3n) is 2.67. The lowest BCUT2D eigenvalue weighted by Crippen LogP contribution is -2.31. The molecule has 0 fully saturated rings. The predicted octanol–water partition coefficient (Wildman–Crippen LogP) is 2.22. The first kappa shape index (κ1) is 13.1. The Bertz CT molecular complexity index is 476. The molecule has 1 aromatic carbocycles. The number of thioether (sulfide) groups is 1. The minimum Gasteiger partial charge on any atom is -0.383 e. The van der Waals surface area contributed by atoms with E-state index in [0.29, 0.717) is 23.5 Å². The van der Waals surface area contributed by atoms with E-state index in [1.54, 1.807) is 0 Å². The lowest BCUT2D eigenvalue weighted by atomic mass is 10.1. The molecule has 3 N–H and O–H groups in total. The molecule has 1 unspecified atom stereocenters. The molecular formula is C11H11F3N2OS. The molecule has 1 amide bonds. The van der Waals surface area contributed by atoms with Crippen LogP contribution in [0.3, 0.4) is 0 Å². The van der Waals surface area contributed by atoms with Crippen LogP contribution >= 0.6 is 11.8 Å². The molecule has 1 aliphatic rings. The van der Waals surface area contributed by atoms with Crippen LogP contribution in [0.25, 0.3) is 0 Å². The van der Waals surface area contributed by atoms with Gasteiger partial charge in [0.2, 0.25) is 5.91 Å². The number of amides is 1. The van der Waals surface area contributed by atoms with Crippen molar-refractivity contribution in [2.75, 3.05) is 11.9 Å². The van der Waals surface area contributed by atoms with Gasteiger partial charge in [-0.05, 0) is 23.8 Å². The molecule has 3 nitrogen and oxygen atoms in total. The number of rotatable bonds is 1. The van der Waals surface area contributed by atoms with E-state index in [2.05, 4.69) is 5.32 Å². The summed E-state index contributed by atoms with van der Waals surface area (Å²) in [4.78, 5) is 11.1. The summed E-state index contributed by atoms with van der Waals surface area (Å²) in [7, 11) is 0. The average Bonchev–Trinajstić information content (AvgIpc) is 2.48. The Kier molecular flexibility index (Phi) is 3.43. The van der Waals surface area contributed by atoms with Gasteiger partial charge in [0.15, 0.2) is 0 Å². The highest BCUT2D eigenvalue weighted by Gasteiger charge is 2.31. The van der Waals surface area contributed by atoms with E-state index in [-0.39, 0.29) is 0 Å². The number of nitrogens with one attached hydrogen (secondary N) is 1. The number of fused-ring (bicyclic) bond motifs is 1. The van der Waals surface area contributed by atoms with Crippen LogP contribution in [0.5, 0.6) is 0 Å². The summed E-state index contributed by atoms with van der Waals surface area (Å²) in [6.45, 7) is 0.332. The van der Waals surface area contributed by atoms with Crippen molar-refractivity contribution in [2.24, 2.45) is 5.73 Å². The molecule has 2 rings (SSSR count). The molecule has 0 spiro atoms. The van der Waals surface area contributed by atoms with Gasteiger partial charge < -0.3 is 11.1 Å². The second kappa shape index (κ2) is 4.72. The minimum absolute atomic E-state index is 0.332. The van der Waals surface area contributed by atoms with Crippen LogP contribution < -0.4 is 11.1 Å². The van der Waals surface area contributed by atoms with Crippen LogP contribution in [0, 0.1) is 0 Å². The molecule has 0 aliphatic carbocycles. The first-order valence-corrected chi connectivity index (χ1v) is 6.27. The maximum atomic E-state index is 12.6. The number of benzene rings is 1. The molecule has 7 heteroatoms. The Labute approximate surface area is 106 Å². The number of primary amides is 1. The van der Waals surface area contributed by atoms with Crippen molar-refractivity contribution in [1.29, 1.82) is 0 Å². The van der Waals surface area contributed by atoms with Gasteiger partial charge in [0.05, 0.1) is 5.56 Å². The first-order valence-electron chi connectivity index (χ1n) is 5.23. The van der Waals surface area contributed by atoms with Gasteiger partial charge in [-0.1, -0.05) is 0 Å². The Morgan fingerprint density at radius 1 is 1.44 bits per heavy atom. The van der Waals surface area contributed by atoms with Crippen LogP contribution in [-0.4, -0.2) is 17.7 Å². The van der Waals surface area contributed by atoms with Crippen molar-refractivity contribution >= 4 is 23.4 Å². The topological polar surface area (TPSA) is 55.1 Å². The van der Waals surface area contributed by atoms with Gasteiger partial charge in [0, 0.05) is 18.0 Å². The van der Waals surface area contributed by atoms with Crippen LogP contribution in [-0.2, 0) is 16.7 Å². The smallest absolute Gasteiger partial charge is 0.383 e. The number of hydrogen-bond acceptors (Lipinski definition) is 3. The minimum atomic E-state index is -4.35. The molecule has 0 radical (unpaired) electrons. The molecule has 18 heavy (non-hydrogen) atoms. The van der Waals surface area contributed by atoms with Crippen LogP contribution in [0.1, 0.15) is 11.1 Å². The highest BCUT2D eigenvalue weighted by atomic mass is 32.2.